The number of anilines is 1. The molecule has 7 nitrogen and oxygen atoms in total. The molecule has 172 valence electrons. The quantitative estimate of drug-likeness (QED) is 0.716. The normalized spacial score (nSPS) is 19.4. The molecule has 1 aliphatic heterocycles. The number of likely N-dealkylation sites (N-methyl/N-ethyl adjacent to an activating group) is 1. The van der Waals surface area contributed by atoms with Crippen LogP contribution < -0.4 is 5.32 Å². The van der Waals surface area contributed by atoms with E-state index in [1.54, 1.807) is 6.07 Å². The summed E-state index contributed by atoms with van der Waals surface area (Å²) < 4.78 is 40.7. The van der Waals surface area contributed by atoms with Crippen LogP contribution in [0.4, 0.5) is 10.1 Å². The number of rotatable bonds is 6. The lowest BCUT2D eigenvalue weighted by molar-refractivity contribution is -0.116. The standard InChI is InChI=1S/C23H28FN3O4S/c1-16-11-17(2)14-27(13-16)32(30,31)21-9-7-18(8-10-21)23(29)26(3)15-22(28)25-20-6-4-5-19(24)12-20/h4-10,12,16-17H,11,13-15H2,1-3H3,(H,25,28)/t16-,17-/m0/s1. The fourth-order valence-electron chi connectivity index (χ4n) is 3.99. The van der Waals surface area contributed by atoms with Gasteiger partial charge in [-0.15, -0.1) is 0 Å². The van der Waals surface area contributed by atoms with Gasteiger partial charge >= 0.3 is 0 Å². The number of carbonyl (C=O) groups is 2. The molecule has 1 saturated heterocycles. The van der Waals surface area contributed by atoms with Crippen molar-refractivity contribution in [1.82, 2.24) is 9.21 Å². The van der Waals surface area contributed by atoms with Crippen molar-refractivity contribution in [2.75, 3.05) is 32.0 Å². The van der Waals surface area contributed by atoms with Gasteiger partial charge in [-0.2, -0.15) is 4.31 Å². The molecule has 0 radical (unpaired) electrons. The number of carbonyl (C=O) groups excluding carboxylic acids is 2. The maximum atomic E-state index is 13.2. The molecule has 0 aliphatic carbocycles. The van der Waals surface area contributed by atoms with E-state index in [1.165, 1.54) is 58.7 Å². The number of piperidine rings is 1. The summed E-state index contributed by atoms with van der Waals surface area (Å²) in [7, 11) is -2.17. The van der Waals surface area contributed by atoms with Gasteiger partial charge in [-0.1, -0.05) is 19.9 Å². The first-order valence-electron chi connectivity index (χ1n) is 10.5. The minimum absolute atomic E-state index is 0.141. The van der Waals surface area contributed by atoms with Gasteiger partial charge in [-0.05, 0) is 60.7 Å². The molecular weight excluding hydrogens is 433 g/mol. The zero-order valence-electron chi connectivity index (χ0n) is 18.4. The summed E-state index contributed by atoms with van der Waals surface area (Å²) in [6, 6.07) is 11.2. The van der Waals surface area contributed by atoms with E-state index in [0.29, 0.717) is 30.6 Å². The zero-order valence-corrected chi connectivity index (χ0v) is 19.2. The van der Waals surface area contributed by atoms with Crippen molar-refractivity contribution in [3.8, 4) is 0 Å². The summed E-state index contributed by atoms with van der Waals surface area (Å²) in [5, 5.41) is 2.53. The minimum atomic E-state index is -3.63. The molecular formula is C23H28FN3O4S. The van der Waals surface area contributed by atoms with Gasteiger partial charge in [0.1, 0.15) is 5.82 Å². The summed E-state index contributed by atoms with van der Waals surface area (Å²) in [6.07, 6.45) is 0.999. The van der Waals surface area contributed by atoms with Gasteiger partial charge in [-0.3, -0.25) is 9.59 Å². The first kappa shape index (κ1) is 23.9. The zero-order chi connectivity index (χ0) is 23.5. The van der Waals surface area contributed by atoms with Gasteiger partial charge in [-0.25, -0.2) is 12.8 Å². The lowest BCUT2D eigenvalue weighted by atomic mass is 9.94. The highest BCUT2D eigenvalue weighted by Gasteiger charge is 2.31. The van der Waals surface area contributed by atoms with Crippen molar-refractivity contribution in [3.05, 3.63) is 59.9 Å². The molecule has 2 amide bonds. The average molecular weight is 462 g/mol. The van der Waals surface area contributed by atoms with Gasteiger partial charge in [0.25, 0.3) is 5.91 Å². The first-order chi connectivity index (χ1) is 15.1. The molecule has 0 unspecified atom stereocenters. The molecule has 3 rings (SSSR count). The Morgan fingerprint density at radius 2 is 1.72 bits per heavy atom. The predicted molar refractivity (Wildman–Crippen MR) is 120 cm³/mol. The second kappa shape index (κ2) is 9.79. The fraction of sp³-hybridized carbons (Fsp3) is 0.391. The maximum Gasteiger partial charge on any atom is 0.254 e. The predicted octanol–water partition coefficient (Wildman–Crippen LogP) is 3.20. The highest BCUT2D eigenvalue weighted by molar-refractivity contribution is 7.89. The van der Waals surface area contributed by atoms with Crippen LogP contribution in [0.25, 0.3) is 0 Å². The van der Waals surface area contributed by atoms with Crippen LogP contribution in [0.3, 0.4) is 0 Å². The molecule has 0 bridgehead atoms. The van der Waals surface area contributed by atoms with E-state index in [4.69, 9.17) is 0 Å². The van der Waals surface area contributed by atoms with E-state index in [1.807, 2.05) is 13.8 Å². The Bertz CT molecular complexity index is 1080. The number of benzene rings is 2. The number of nitrogens with zero attached hydrogens (tertiary/aromatic N) is 2. The molecule has 2 aromatic carbocycles. The fourth-order valence-corrected chi connectivity index (χ4v) is 5.67. The van der Waals surface area contributed by atoms with Crippen LogP contribution in [0.1, 0.15) is 30.6 Å². The van der Waals surface area contributed by atoms with Gasteiger partial charge in [0, 0.05) is 31.4 Å². The molecule has 0 spiro atoms. The third-order valence-electron chi connectivity index (χ3n) is 5.41. The van der Waals surface area contributed by atoms with Crippen molar-refractivity contribution >= 4 is 27.5 Å². The Kier molecular flexibility index (Phi) is 7.30. The van der Waals surface area contributed by atoms with Gasteiger partial charge in [0.05, 0.1) is 11.4 Å². The maximum absolute atomic E-state index is 13.2. The van der Waals surface area contributed by atoms with E-state index in [-0.39, 0.29) is 17.0 Å². The summed E-state index contributed by atoms with van der Waals surface area (Å²) in [5.74, 6) is -0.790. The first-order valence-corrected chi connectivity index (χ1v) is 11.9. The van der Waals surface area contributed by atoms with E-state index in [9.17, 15) is 22.4 Å². The Hall–Kier alpha value is -2.78. The molecule has 2 atom stereocenters. The molecule has 32 heavy (non-hydrogen) atoms. The topological polar surface area (TPSA) is 86.8 Å². The number of hydrogen-bond acceptors (Lipinski definition) is 4. The van der Waals surface area contributed by atoms with Gasteiger partial charge in [0.15, 0.2) is 0 Å². The van der Waals surface area contributed by atoms with Crippen molar-refractivity contribution in [1.29, 1.82) is 0 Å². The summed E-state index contributed by atoms with van der Waals surface area (Å²) in [4.78, 5) is 26.2. The third-order valence-corrected chi connectivity index (χ3v) is 7.26. The SMILES string of the molecule is C[C@H]1C[C@H](C)CN(S(=O)(=O)c2ccc(C(=O)N(C)CC(=O)Nc3cccc(F)c3)cc2)C1. The number of amides is 2. The van der Waals surface area contributed by atoms with Crippen LogP contribution >= 0.6 is 0 Å². The van der Waals surface area contributed by atoms with Gasteiger partial charge in [0.2, 0.25) is 15.9 Å². The number of sulfonamides is 1. The summed E-state index contributed by atoms with van der Waals surface area (Å²) >= 11 is 0. The summed E-state index contributed by atoms with van der Waals surface area (Å²) in [6.45, 7) is 4.81. The lowest BCUT2D eigenvalue weighted by Gasteiger charge is -2.34. The molecule has 2 aromatic rings. The molecule has 0 aromatic heterocycles. The molecule has 1 aliphatic rings. The molecule has 0 saturated carbocycles. The van der Waals surface area contributed by atoms with Crippen molar-refractivity contribution in [2.24, 2.45) is 11.8 Å². The second-order valence-electron chi connectivity index (χ2n) is 8.51. The Morgan fingerprint density at radius 3 is 2.31 bits per heavy atom. The van der Waals surface area contributed by atoms with Crippen LogP contribution in [0.15, 0.2) is 53.4 Å². The van der Waals surface area contributed by atoms with Crippen molar-refractivity contribution in [3.63, 3.8) is 0 Å². The number of hydrogen-bond donors (Lipinski definition) is 1. The second-order valence-corrected chi connectivity index (χ2v) is 10.5. The third kappa shape index (κ3) is 5.72. The molecule has 9 heteroatoms. The number of nitrogens with one attached hydrogen (secondary N) is 1. The number of halogens is 1. The van der Waals surface area contributed by atoms with E-state index >= 15 is 0 Å². The molecule has 1 heterocycles. The van der Waals surface area contributed by atoms with E-state index < -0.39 is 27.7 Å². The van der Waals surface area contributed by atoms with E-state index in [0.717, 1.165) is 6.42 Å². The smallest absolute Gasteiger partial charge is 0.254 e. The molecule has 1 fully saturated rings. The van der Waals surface area contributed by atoms with Crippen molar-refractivity contribution < 1.29 is 22.4 Å². The van der Waals surface area contributed by atoms with Gasteiger partial charge < -0.3 is 10.2 Å². The van der Waals surface area contributed by atoms with Crippen LogP contribution in [0, 0.1) is 17.7 Å². The largest absolute Gasteiger partial charge is 0.332 e. The van der Waals surface area contributed by atoms with Crippen LogP contribution in [0.5, 0.6) is 0 Å². The lowest BCUT2D eigenvalue weighted by Crippen LogP contribution is -2.42. The van der Waals surface area contributed by atoms with Crippen LogP contribution in [-0.4, -0.2) is 56.1 Å². The minimum Gasteiger partial charge on any atom is -0.332 e. The Balaban J connectivity index is 1.64. The van der Waals surface area contributed by atoms with Crippen LogP contribution in [-0.2, 0) is 14.8 Å². The van der Waals surface area contributed by atoms with Crippen molar-refractivity contribution in [2.45, 2.75) is 25.2 Å². The Labute approximate surface area is 188 Å². The average Bonchev–Trinajstić information content (AvgIpc) is 2.72. The molecule has 1 N–H and O–H groups in total. The van der Waals surface area contributed by atoms with E-state index in [2.05, 4.69) is 5.32 Å². The Morgan fingerprint density at radius 1 is 1.09 bits per heavy atom. The monoisotopic (exact) mass is 461 g/mol. The highest BCUT2D eigenvalue weighted by atomic mass is 32.2. The summed E-state index contributed by atoms with van der Waals surface area (Å²) in [5.41, 5.74) is 0.567. The van der Waals surface area contributed by atoms with Crippen LogP contribution in [0.2, 0.25) is 0 Å². The highest BCUT2D eigenvalue weighted by Crippen LogP contribution is 2.26.